The van der Waals surface area contributed by atoms with Crippen molar-refractivity contribution >= 4 is 29.2 Å². The van der Waals surface area contributed by atoms with Crippen LogP contribution in [0.15, 0.2) is 66.7 Å². The molecule has 0 spiro atoms. The highest BCUT2D eigenvalue weighted by atomic mass is 35.5. The number of carboxylic acids is 1. The van der Waals surface area contributed by atoms with Gasteiger partial charge in [0, 0.05) is 10.0 Å². The average molecular weight is 403 g/mol. The van der Waals surface area contributed by atoms with Gasteiger partial charge in [0.2, 0.25) is 0 Å². The number of rotatable bonds is 7. The summed E-state index contributed by atoms with van der Waals surface area (Å²) in [4.78, 5) is 11.6. The summed E-state index contributed by atoms with van der Waals surface area (Å²) in [7, 11) is 0. The van der Waals surface area contributed by atoms with Crippen LogP contribution in [0, 0.1) is 0 Å². The zero-order valence-corrected chi connectivity index (χ0v) is 15.7. The molecule has 0 atom stereocenters. The van der Waals surface area contributed by atoms with E-state index in [4.69, 9.17) is 32.7 Å². The van der Waals surface area contributed by atoms with E-state index >= 15 is 0 Å². The summed E-state index contributed by atoms with van der Waals surface area (Å²) in [5.41, 5.74) is 1.72. The standard InChI is InChI=1S/C21H16Cl2O4/c22-16-6-1-4-14(10-16)12-26-19-9-3-8-18(21(24)25)20(19)27-13-15-5-2-7-17(23)11-15/h1-11H,12-13H2,(H,24,25). The fraction of sp³-hybridized carbons (Fsp3) is 0.0952. The molecule has 0 bridgehead atoms. The first-order valence-corrected chi connectivity index (χ1v) is 8.89. The molecule has 4 nitrogen and oxygen atoms in total. The van der Waals surface area contributed by atoms with Crippen molar-refractivity contribution in [1.82, 2.24) is 0 Å². The van der Waals surface area contributed by atoms with Gasteiger partial charge in [0.05, 0.1) is 0 Å². The molecule has 0 saturated heterocycles. The van der Waals surface area contributed by atoms with E-state index in [2.05, 4.69) is 0 Å². The molecule has 0 radical (unpaired) electrons. The van der Waals surface area contributed by atoms with Crippen LogP contribution in [0.5, 0.6) is 11.5 Å². The number of carboxylic acid groups (broad SMARTS) is 1. The van der Waals surface area contributed by atoms with E-state index in [0.29, 0.717) is 15.8 Å². The normalized spacial score (nSPS) is 10.4. The van der Waals surface area contributed by atoms with Crippen LogP contribution in [0.2, 0.25) is 10.0 Å². The van der Waals surface area contributed by atoms with Gasteiger partial charge in [-0.2, -0.15) is 0 Å². The summed E-state index contributed by atoms with van der Waals surface area (Å²) in [5, 5.41) is 10.7. The summed E-state index contributed by atoms with van der Waals surface area (Å²) in [6.07, 6.45) is 0. The zero-order valence-electron chi connectivity index (χ0n) is 14.2. The van der Waals surface area contributed by atoms with E-state index in [-0.39, 0.29) is 24.5 Å². The molecule has 27 heavy (non-hydrogen) atoms. The maximum absolute atomic E-state index is 11.6. The second-order valence-electron chi connectivity index (χ2n) is 5.78. The maximum Gasteiger partial charge on any atom is 0.339 e. The van der Waals surface area contributed by atoms with Crippen LogP contribution >= 0.6 is 23.2 Å². The minimum absolute atomic E-state index is 0.0284. The zero-order chi connectivity index (χ0) is 19.2. The molecule has 0 unspecified atom stereocenters. The smallest absolute Gasteiger partial charge is 0.339 e. The van der Waals surface area contributed by atoms with E-state index in [1.807, 2.05) is 18.2 Å². The van der Waals surface area contributed by atoms with Gasteiger partial charge in [0.1, 0.15) is 18.8 Å². The van der Waals surface area contributed by atoms with Crippen molar-refractivity contribution in [2.45, 2.75) is 13.2 Å². The predicted octanol–water partition coefficient (Wildman–Crippen LogP) is 5.85. The molecule has 0 aliphatic carbocycles. The van der Waals surface area contributed by atoms with E-state index in [1.54, 1.807) is 42.5 Å². The summed E-state index contributed by atoms with van der Waals surface area (Å²) in [5.74, 6) is -0.576. The third-order valence-electron chi connectivity index (χ3n) is 3.76. The lowest BCUT2D eigenvalue weighted by Crippen LogP contribution is -2.06. The Balaban J connectivity index is 1.82. The number of benzene rings is 3. The SMILES string of the molecule is O=C(O)c1cccc(OCc2cccc(Cl)c2)c1OCc1cccc(Cl)c1. The third kappa shape index (κ3) is 5.16. The highest BCUT2D eigenvalue weighted by Crippen LogP contribution is 2.33. The number of carbonyl (C=O) groups is 1. The van der Waals surface area contributed by atoms with Crippen LogP contribution in [0.3, 0.4) is 0 Å². The Morgan fingerprint density at radius 3 is 1.93 bits per heavy atom. The van der Waals surface area contributed by atoms with Crippen molar-refractivity contribution in [2.24, 2.45) is 0 Å². The summed E-state index contributed by atoms with van der Waals surface area (Å²) in [6, 6.07) is 19.2. The van der Waals surface area contributed by atoms with Gasteiger partial charge in [-0.05, 0) is 47.5 Å². The van der Waals surface area contributed by atoms with Gasteiger partial charge in [0.15, 0.2) is 11.5 Å². The van der Waals surface area contributed by atoms with Crippen LogP contribution in [-0.4, -0.2) is 11.1 Å². The molecule has 0 aromatic heterocycles. The largest absolute Gasteiger partial charge is 0.485 e. The van der Waals surface area contributed by atoms with Crippen molar-refractivity contribution < 1.29 is 19.4 Å². The molecular weight excluding hydrogens is 387 g/mol. The lowest BCUT2D eigenvalue weighted by molar-refractivity contribution is 0.0690. The van der Waals surface area contributed by atoms with Crippen molar-refractivity contribution in [1.29, 1.82) is 0 Å². The Labute approximate surface area is 166 Å². The lowest BCUT2D eigenvalue weighted by atomic mass is 10.1. The van der Waals surface area contributed by atoms with Crippen molar-refractivity contribution in [3.05, 3.63) is 93.5 Å². The fourth-order valence-electron chi connectivity index (χ4n) is 2.52. The van der Waals surface area contributed by atoms with Crippen molar-refractivity contribution in [3.8, 4) is 11.5 Å². The summed E-state index contributed by atoms with van der Waals surface area (Å²) >= 11 is 12.0. The first kappa shape index (κ1) is 19.1. The molecule has 0 heterocycles. The Hall–Kier alpha value is -2.69. The highest BCUT2D eigenvalue weighted by molar-refractivity contribution is 6.30. The second-order valence-corrected chi connectivity index (χ2v) is 6.65. The monoisotopic (exact) mass is 402 g/mol. The van der Waals surface area contributed by atoms with Gasteiger partial charge >= 0.3 is 5.97 Å². The van der Waals surface area contributed by atoms with E-state index in [9.17, 15) is 9.90 Å². The molecule has 3 aromatic carbocycles. The minimum Gasteiger partial charge on any atom is -0.485 e. The topological polar surface area (TPSA) is 55.8 Å². The maximum atomic E-state index is 11.6. The van der Waals surface area contributed by atoms with Crippen LogP contribution in [0.4, 0.5) is 0 Å². The highest BCUT2D eigenvalue weighted by Gasteiger charge is 2.17. The molecule has 1 N–H and O–H groups in total. The predicted molar refractivity (Wildman–Crippen MR) is 105 cm³/mol. The molecule has 0 amide bonds. The number of halogens is 2. The van der Waals surface area contributed by atoms with Crippen LogP contribution < -0.4 is 9.47 Å². The molecule has 0 aliphatic heterocycles. The van der Waals surface area contributed by atoms with Gasteiger partial charge in [-0.25, -0.2) is 4.79 Å². The molecule has 6 heteroatoms. The Morgan fingerprint density at radius 1 is 0.815 bits per heavy atom. The first-order valence-electron chi connectivity index (χ1n) is 8.14. The Bertz CT molecular complexity index is 956. The quantitative estimate of drug-likeness (QED) is 0.538. The average Bonchev–Trinajstić information content (AvgIpc) is 2.65. The van der Waals surface area contributed by atoms with Crippen LogP contribution in [0.25, 0.3) is 0 Å². The van der Waals surface area contributed by atoms with Gasteiger partial charge in [0.25, 0.3) is 0 Å². The van der Waals surface area contributed by atoms with E-state index < -0.39 is 5.97 Å². The van der Waals surface area contributed by atoms with Gasteiger partial charge < -0.3 is 14.6 Å². The number of aromatic carboxylic acids is 1. The molecule has 0 fully saturated rings. The Kier molecular flexibility index (Phi) is 6.22. The minimum atomic E-state index is -1.09. The van der Waals surface area contributed by atoms with Gasteiger partial charge in [-0.3, -0.25) is 0 Å². The molecule has 0 saturated carbocycles. The van der Waals surface area contributed by atoms with Crippen molar-refractivity contribution in [2.75, 3.05) is 0 Å². The third-order valence-corrected chi connectivity index (χ3v) is 4.24. The number of ether oxygens (including phenoxy) is 2. The molecular formula is C21H16Cl2O4. The van der Waals surface area contributed by atoms with Gasteiger partial charge in [-0.1, -0.05) is 53.5 Å². The van der Waals surface area contributed by atoms with Crippen LogP contribution in [0.1, 0.15) is 21.5 Å². The fourth-order valence-corrected chi connectivity index (χ4v) is 2.94. The van der Waals surface area contributed by atoms with Crippen molar-refractivity contribution in [3.63, 3.8) is 0 Å². The number of hydrogen-bond acceptors (Lipinski definition) is 3. The molecule has 3 rings (SSSR count). The second kappa shape index (κ2) is 8.80. The molecule has 0 aliphatic rings. The summed E-state index contributed by atoms with van der Waals surface area (Å²) < 4.78 is 11.6. The van der Waals surface area contributed by atoms with E-state index in [1.165, 1.54) is 6.07 Å². The molecule has 3 aromatic rings. The number of para-hydroxylation sites is 1. The lowest BCUT2D eigenvalue weighted by Gasteiger charge is -2.15. The Morgan fingerprint density at radius 2 is 1.37 bits per heavy atom. The van der Waals surface area contributed by atoms with Gasteiger partial charge in [-0.15, -0.1) is 0 Å². The van der Waals surface area contributed by atoms with E-state index in [0.717, 1.165) is 11.1 Å². The van der Waals surface area contributed by atoms with Crippen LogP contribution in [-0.2, 0) is 13.2 Å². The first-order chi connectivity index (χ1) is 13.0. The summed E-state index contributed by atoms with van der Waals surface area (Å²) in [6.45, 7) is 0.398. The molecule has 138 valence electrons. The number of hydrogen-bond donors (Lipinski definition) is 1.